The number of aliphatic carboxylic acids is 1. The standard InChI is InChI=1S/C13H21NO3/c1-3-9(4-2)14-12(15)10-7-5-6-8-11(10)13(16)17/h5-6,9-11H,3-4,7-8H2,1-2H3,(H,14,15)(H,16,17)/t10-,11+/m1/s1. The van der Waals surface area contributed by atoms with Crippen molar-refractivity contribution < 1.29 is 14.7 Å². The quantitative estimate of drug-likeness (QED) is 0.721. The third kappa shape index (κ3) is 3.58. The third-order valence-corrected chi connectivity index (χ3v) is 3.42. The summed E-state index contributed by atoms with van der Waals surface area (Å²) in [6, 6.07) is 0.155. The SMILES string of the molecule is CCC(CC)NC(=O)[C@@H]1CC=CC[C@@H]1C(=O)O. The predicted octanol–water partition coefficient (Wildman–Crippen LogP) is 1.96. The van der Waals surface area contributed by atoms with Gasteiger partial charge in [-0.3, -0.25) is 9.59 Å². The summed E-state index contributed by atoms with van der Waals surface area (Å²) >= 11 is 0. The predicted molar refractivity (Wildman–Crippen MR) is 65.5 cm³/mol. The van der Waals surface area contributed by atoms with Gasteiger partial charge < -0.3 is 10.4 Å². The summed E-state index contributed by atoms with van der Waals surface area (Å²) in [4.78, 5) is 23.1. The molecule has 0 bridgehead atoms. The molecule has 0 aromatic rings. The van der Waals surface area contributed by atoms with Crippen LogP contribution in [0.2, 0.25) is 0 Å². The van der Waals surface area contributed by atoms with Gasteiger partial charge >= 0.3 is 5.97 Å². The van der Waals surface area contributed by atoms with Crippen LogP contribution in [-0.2, 0) is 9.59 Å². The number of rotatable bonds is 5. The molecule has 4 heteroatoms. The lowest BCUT2D eigenvalue weighted by Gasteiger charge is -2.26. The van der Waals surface area contributed by atoms with Crippen LogP contribution in [0.15, 0.2) is 12.2 Å². The first kappa shape index (κ1) is 13.7. The lowest BCUT2D eigenvalue weighted by molar-refractivity contribution is -0.147. The lowest BCUT2D eigenvalue weighted by atomic mass is 9.82. The molecule has 0 spiro atoms. The molecular formula is C13H21NO3. The maximum Gasteiger partial charge on any atom is 0.307 e. The van der Waals surface area contributed by atoms with E-state index >= 15 is 0 Å². The average molecular weight is 239 g/mol. The van der Waals surface area contributed by atoms with E-state index in [-0.39, 0.29) is 11.9 Å². The van der Waals surface area contributed by atoms with Crippen LogP contribution in [0.1, 0.15) is 39.5 Å². The molecular weight excluding hydrogens is 218 g/mol. The van der Waals surface area contributed by atoms with Crippen LogP contribution in [0.3, 0.4) is 0 Å². The third-order valence-electron chi connectivity index (χ3n) is 3.42. The number of allylic oxidation sites excluding steroid dienone is 2. The minimum absolute atomic E-state index is 0.115. The van der Waals surface area contributed by atoms with Crippen molar-refractivity contribution in [1.29, 1.82) is 0 Å². The second kappa shape index (κ2) is 6.42. The van der Waals surface area contributed by atoms with E-state index in [4.69, 9.17) is 5.11 Å². The molecule has 0 aromatic carbocycles. The van der Waals surface area contributed by atoms with Crippen molar-refractivity contribution >= 4 is 11.9 Å². The minimum atomic E-state index is -0.876. The van der Waals surface area contributed by atoms with Crippen LogP contribution in [0.4, 0.5) is 0 Å². The van der Waals surface area contributed by atoms with Gasteiger partial charge in [0, 0.05) is 6.04 Å². The highest BCUT2D eigenvalue weighted by Gasteiger charge is 2.34. The molecule has 0 saturated heterocycles. The summed E-state index contributed by atoms with van der Waals surface area (Å²) in [5, 5.41) is 12.0. The summed E-state index contributed by atoms with van der Waals surface area (Å²) in [7, 11) is 0. The Bertz CT molecular complexity index is 308. The Labute approximate surface area is 102 Å². The fourth-order valence-electron chi connectivity index (χ4n) is 2.18. The Hall–Kier alpha value is -1.32. The first-order chi connectivity index (χ1) is 8.10. The monoisotopic (exact) mass is 239 g/mol. The van der Waals surface area contributed by atoms with Crippen LogP contribution < -0.4 is 5.32 Å². The zero-order valence-electron chi connectivity index (χ0n) is 10.5. The first-order valence-electron chi connectivity index (χ1n) is 6.28. The Balaban J connectivity index is 2.66. The van der Waals surface area contributed by atoms with E-state index in [1.54, 1.807) is 0 Å². The van der Waals surface area contributed by atoms with Gasteiger partial charge in [0.1, 0.15) is 0 Å². The highest BCUT2D eigenvalue weighted by atomic mass is 16.4. The number of carbonyl (C=O) groups is 2. The van der Waals surface area contributed by atoms with Gasteiger partial charge in [-0.1, -0.05) is 26.0 Å². The van der Waals surface area contributed by atoms with E-state index in [1.807, 2.05) is 26.0 Å². The van der Waals surface area contributed by atoms with Gasteiger partial charge in [0.15, 0.2) is 0 Å². The lowest BCUT2D eigenvalue weighted by Crippen LogP contribution is -2.43. The van der Waals surface area contributed by atoms with Gasteiger partial charge in [-0.15, -0.1) is 0 Å². The summed E-state index contributed by atoms with van der Waals surface area (Å²) in [6.45, 7) is 4.04. The molecule has 0 aromatic heterocycles. The van der Waals surface area contributed by atoms with E-state index in [1.165, 1.54) is 0 Å². The molecule has 2 atom stereocenters. The number of nitrogens with one attached hydrogen (secondary N) is 1. The maximum atomic E-state index is 12.0. The van der Waals surface area contributed by atoms with Crippen LogP contribution in [-0.4, -0.2) is 23.0 Å². The molecule has 96 valence electrons. The molecule has 1 aliphatic rings. The fraction of sp³-hybridized carbons (Fsp3) is 0.692. The van der Waals surface area contributed by atoms with Crippen molar-refractivity contribution in [3.05, 3.63) is 12.2 Å². The number of carbonyl (C=O) groups excluding carboxylic acids is 1. The van der Waals surface area contributed by atoms with Gasteiger partial charge in [0.05, 0.1) is 11.8 Å². The average Bonchev–Trinajstić information content (AvgIpc) is 2.35. The van der Waals surface area contributed by atoms with Crippen molar-refractivity contribution in [2.75, 3.05) is 0 Å². The molecule has 0 aliphatic heterocycles. The van der Waals surface area contributed by atoms with Gasteiger partial charge in [0.25, 0.3) is 0 Å². The number of amides is 1. The van der Waals surface area contributed by atoms with E-state index in [9.17, 15) is 9.59 Å². The maximum absolute atomic E-state index is 12.0. The number of hydrogen-bond acceptors (Lipinski definition) is 2. The molecule has 17 heavy (non-hydrogen) atoms. The number of carboxylic acid groups (broad SMARTS) is 1. The van der Waals surface area contributed by atoms with Crippen molar-refractivity contribution in [3.8, 4) is 0 Å². The summed E-state index contributed by atoms with van der Waals surface area (Å²) in [5.41, 5.74) is 0. The van der Waals surface area contributed by atoms with E-state index < -0.39 is 17.8 Å². The normalized spacial score (nSPS) is 23.7. The van der Waals surface area contributed by atoms with Crippen LogP contribution >= 0.6 is 0 Å². The van der Waals surface area contributed by atoms with Crippen molar-refractivity contribution in [2.24, 2.45) is 11.8 Å². The highest BCUT2D eigenvalue weighted by molar-refractivity contribution is 5.85. The zero-order chi connectivity index (χ0) is 12.8. The molecule has 0 heterocycles. The second-order valence-corrected chi connectivity index (χ2v) is 4.52. The number of carboxylic acids is 1. The highest BCUT2D eigenvalue weighted by Crippen LogP contribution is 2.26. The topological polar surface area (TPSA) is 66.4 Å². The van der Waals surface area contributed by atoms with E-state index in [0.29, 0.717) is 12.8 Å². The summed E-state index contributed by atoms with van der Waals surface area (Å²) in [6.07, 6.45) is 6.49. The second-order valence-electron chi connectivity index (χ2n) is 4.52. The molecule has 2 N–H and O–H groups in total. The molecule has 0 saturated carbocycles. The van der Waals surface area contributed by atoms with E-state index in [0.717, 1.165) is 12.8 Å². The molecule has 0 radical (unpaired) electrons. The van der Waals surface area contributed by atoms with Gasteiger partial charge in [-0.2, -0.15) is 0 Å². The molecule has 1 amide bonds. The minimum Gasteiger partial charge on any atom is -0.481 e. The van der Waals surface area contributed by atoms with Crippen LogP contribution in [0, 0.1) is 11.8 Å². The van der Waals surface area contributed by atoms with Gasteiger partial charge in [-0.25, -0.2) is 0 Å². The molecule has 1 rings (SSSR count). The molecule has 4 nitrogen and oxygen atoms in total. The Morgan fingerprint density at radius 1 is 1.24 bits per heavy atom. The molecule has 0 unspecified atom stereocenters. The summed E-state index contributed by atoms with van der Waals surface area (Å²) < 4.78 is 0. The van der Waals surface area contributed by atoms with E-state index in [2.05, 4.69) is 5.32 Å². The fourth-order valence-corrected chi connectivity index (χ4v) is 2.18. The number of hydrogen-bond donors (Lipinski definition) is 2. The Morgan fingerprint density at radius 2 is 1.76 bits per heavy atom. The van der Waals surface area contributed by atoms with Crippen LogP contribution in [0.25, 0.3) is 0 Å². The zero-order valence-corrected chi connectivity index (χ0v) is 10.5. The van der Waals surface area contributed by atoms with Crippen LogP contribution in [0.5, 0.6) is 0 Å². The summed E-state index contributed by atoms with van der Waals surface area (Å²) in [5.74, 6) is -1.98. The van der Waals surface area contributed by atoms with Gasteiger partial charge in [0.2, 0.25) is 5.91 Å². The Kier molecular flexibility index (Phi) is 5.19. The molecule has 1 aliphatic carbocycles. The van der Waals surface area contributed by atoms with Gasteiger partial charge in [-0.05, 0) is 25.7 Å². The van der Waals surface area contributed by atoms with Crippen molar-refractivity contribution in [2.45, 2.75) is 45.6 Å². The Morgan fingerprint density at radius 3 is 2.24 bits per heavy atom. The molecule has 0 fully saturated rings. The largest absolute Gasteiger partial charge is 0.481 e. The van der Waals surface area contributed by atoms with Crippen molar-refractivity contribution in [3.63, 3.8) is 0 Å². The van der Waals surface area contributed by atoms with Crippen molar-refractivity contribution in [1.82, 2.24) is 5.32 Å². The first-order valence-corrected chi connectivity index (χ1v) is 6.28. The smallest absolute Gasteiger partial charge is 0.307 e.